The summed E-state index contributed by atoms with van der Waals surface area (Å²) in [5.41, 5.74) is 10.9. The molecule has 2 rings (SSSR count). The molecule has 1 N–H and O–H groups in total. The van der Waals surface area contributed by atoms with Crippen LogP contribution in [-0.4, -0.2) is 6.29 Å². The number of benzene rings is 2. The van der Waals surface area contributed by atoms with E-state index in [0.717, 1.165) is 17.4 Å². The zero-order valence-electron chi connectivity index (χ0n) is 9.14. The van der Waals surface area contributed by atoms with E-state index in [1.54, 1.807) is 12.1 Å². The van der Waals surface area contributed by atoms with Crippen molar-refractivity contribution in [1.82, 2.24) is 0 Å². The van der Waals surface area contributed by atoms with Gasteiger partial charge in [0.15, 0.2) is 0 Å². The SMILES string of the molecule is [Co].[NH-]c1ccccc1Cc1ccccc1C=O. The van der Waals surface area contributed by atoms with Crippen molar-refractivity contribution in [2.75, 3.05) is 0 Å². The van der Waals surface area contributed by atoms with Gasteiger partial charge in [-0.2, -0.15) is 0 Å². The van der Waals surface area contributed by atoms with Crippen molar-refractivity contribution in [2.45, 2.75) is 6.42 Å². The van der Waals surface area contributed by atoms with Crippen LogP contribution in [0.4, 0.5) is 5.69 Å². The molecule has 0 aliphatic heterocycles. The third-order valence-corrected chi connectivity index (χ3v) is 2.58. The van der Waals surface area contributed by atoms with Crippen LogP contribution in [0.3, 0.4) is 0 Å². The summed E-state index contributed by atoms with van der Waals surface area (Å²) in [4.78, 5) is 10.9. The van der Waals surface area contributed by atoms with E-state index >= 15 is 0 Å². The Kier molecular flexibility index (Phi) is 4.94. The van der Waals surface area contributed by atoms with E-state index in [-0.39, 0.29) is 16.8 Å². The van der Waals surface area contributed by atoms with Gasteiger partial charge in [0.2, 0.25) is 0 Å². The summed E-state index contributed by atoms with van der Waals surface area (Å²) < 4.78 is 0. The van der Waals surface area contributed by atoms with Crippen LogP contribution in [0.1, 0.15) is 21.5 Å². The minimum atomic E-state index is 0. The first-order chi connectivity index (χ1) is 7.81. The minimum absolute atomic E-state index is 0. The summed E-state index contributed by atoms with van der Waals surface area (Å²) in [6, 6.07) is 14.9. The molecule has 0 amide bonds. The van der Waals surface area contributed by atoms with Gasteiger partial charge < -0.3 is 5.73 Å². The molecule has 0 saturated carbocycles. The summed E-state index contributed by atoms with van der Waals surface area (Å²) in [5.74, 6) is 0. The van der Waals surface area contributed by atoms with Gasteiger partial charge in [0.25, 0.3) is 0 Å². The van der Waals surface area contributed by atoms with E-state index in [1.807, 2.05) is 36.4 Å². The van der Waals surface area contributed by atoms with Crippen LogP contribution in [0.2, 0.25) is 0 Å². The Morgan fingerprint density at radius 2 is 1.53 bits per heavy atom. The van der Waals surface area contributed by atoms with E-state index in [1.165, 1.54) is 0 Å². The van der Waals surface area contributed by atoms with Gasteiger partial charge in [-0.25, -0.2) is 0 Å². The summed E-state index contributed by atoms with van der Waals surface area (Å²) in [7, 11) is 0. The molecule has 0 unspecified atom stereocenters. The molecule has 2 nitrogen and oxygen atoms in total. The van der Waals surface area contributed by atoms with Crippen LogP contribution in [0.5, 0.6) is 0 Å². The molecule has 0 bridgehead atoms. The largest absolute Gasteiger partial charge is 0.698 e. The average Bonchev–Trinajstić information content (AvgIpc) is 2.33. The molecule has 0 heterocycles. The molecule has 3 heteroatoms. The first-order valence-corrected chi connectivity index (χ1v) is 5.14. The van der Waals surface area contributed by atoms with Crippen LogP contribution >= 0.6 is 0 Å². The van der Waals surface area contributed by atoms with Gasteiger partial charge >= 0.3 is 0 Å². The Hall–Kier alpha value is -1.58. The first-order valence-electron chi connectivity index (χ1n) is 5.14. The Morgan fingerprint density at radius 3 is 2.18 bits per heavy atom. The molecule has 0 atom stereocenters. The summed E-state index contributed by atoms with van der Waals surface area (Å²) in [6.07, 6.45) is 1.50. The molecule has 0 spiro atoms. The Labute approximate surface area is 111 Å². The molecular weight excluding hydrogens is 257 g/mol. The van der Waals surface area contributed by atoms with E-state index in [0.29, 0.717) is 17.7 Å². The van der Waals surface area contributed by atoms with Crippen LogP contribution in [0, 0.1) is 0 Å². The second-order valence-corrected chi connectivity index (χ2v) is 3.65. The predicted octanol–water partition coefficient (Wildman–Crippen LogP) is 3.77. The zero-order chi connectivity index (χ0) is 11.4. The van der Waals surface area contributed by atoms with Crippen LogP contribution in [-0.2, 0) is 23.2 Å². The average molecular weight is 269 g/mol. The molecule has 2 aromatic carbocycles. The zero-order valence-corrected chi connectivity index (χ0v) is 10.2. The maximum Gasteiger partial charge on any atom is 0.150 e. The molecule has 1 radical (unpaired) electrons. The van der Waals surface area contributed by atoms with E-state index in [2.05, 4.69) is 0 Å². The Balaban J connectivity index is 0.00000144. The number of carbonyl (C=O) groups is 1. The van der Waals surface area contributed by atoms with Gasteiger partial charge in [0, 0.05) is 22.3 Å². The van der Waals surface area contributed by atoms with E-state index in [9.17, 15) is 4.79 Å². The minimum Gasteiger partial charge on any atom is -0.698 e. The van der Waals surface area contributed by atoms with Crippen molar-refractivity contribution < 1.29 is 21.6 Å². The van der Waals surface area contributed by atoms with Gasteiger partial charge in [-0.15, -0.1) is 5.69 Å². The number of aldehydes is 1. The molecule has 0 fully saturated rings. The van der Waals surface area contributed by atoms with Gasteiger partial charge in [0.1, 0.15) is 6.29 Å². The molecule has 89 valence electrons. The van der Waals surface area contributed by atoms with Crippen molar-refractivity contribution >= 4 is 12.0 Å². The Morgan fingerprint density at radius 1 is 0.941 bits per heavy atom. The van der Waals surface area contributed by atoms with Gasteiger partial charge in [0.05, 0.1) is 0 Å². The third-order valence-electron chi connectivity index (χ3n) is 2.58. The normalized spacial score (nSPS) is 9.41. The van der Waals surface area contributed by atoms with Crippen LogP contribution in [0.15, 0.2) is 48.5 Å². The monoisotopic (exact) mass is 269 g/mol. The standard InChI is InChI=1S/C14H12NO.Co/c15-14-8-4-3-6-12(14)9-11-5-1-2-7-13(11)10-16;/h1-8,10,15H,9H2;/q-1;. The molecule has 0 saturated heterocycles. The molecule has 0 aromatic heterocycles. The molecule has 17 heavy (non-hydrogen) atoms. The second kappa shape index (κ2) is 6.23. The predicted molar refractivity (Wildman–Crippen MR) is 65.1 cm³/mol. The van der Waals surface area contributed by atoms with Crippen molar-refractivity contribution in [3.8, 4) is 0 Å². The molecule has 2 aromatic rings. The maximum atomic E-state index is 10.9. The topological polar surface area (TPSA) is 40.9 Å². The summed E-state index contributed by atoms with van der Waals surface area (Å²) >= 11 is 0. The first kappa shape index (κ1) is 13.5. The third kappa shape index (κ3) is 3.18. The maximum absolute atomic E-state index is 10.9. The quantitative estimate of drug-likeness (QED) is 0.782. The molecule has 0 aliphatic carbocycles. The summed E-state index contributed by atoms with van der Waals surface area (Å²) in [5, 5.41) is 0. The second-order valence-electron chi connectivity index (χ2n) is 3.65. The van der Waals surface area contributed by atoms with Crippen molar-refractivity contribution in [2.24, 2.45) is 0 Å². The number of nitrogens with one attached hydrogen (secondary N) is 1. The molecular formula is C14H12CoNO-. The van der Waals surface area contributed by atoms with E-state index in [4.69, 9.17) is 5.73 Å². The number of hydrogen-bond acceptors (Lipinski definition) is 1. The number of carbonyl (C=O) groups excluding carboxylic acids is 1. The summed E-state index contributed by atoms with van der Waals surface area (Å²) in [6.45, 7) is 0. The van der Waals surface area contributed by atoms with Gasteiger partial charge in [-0.1, -0.05) is 54.1 Å². The van der Waals surface area contributed by atoms with Gasteiger partial charge in [-0.05, 0) is 12.0 Å². The van der Waals surface area contributed by atoms with Crippen molar-refractivity contribution in [3.63, 3.8) is 0 Å². The fraction of sp³-hybridized carbons (Fsp3) is 0.0714. The fourth-order valence-corrected chi connectivity index (χ4v) is 1.69. The van der Waals surface area contributed by atoms with E-state index < -0.39 is 0 Å². The Bertz CT molecular complexity index is 511. The van der Waals surface area contributed by atoms with Crippen molar-refractivity contribution in [1.29, 1.82) is 0 Å². The van der Waals surface area contributed by atoms with Crippen molar-refractivity contribution in [3.05, 3.63) is 71.0 Å². The van der Waals surface area contributed by atoms with Crippen LogP contribution in [0.25, 0.3) is 5.73 Å². The number of rotatable bonds is 3. The molecule has 0 aliphatic rings. The van der Waals surface area contributed by atoms with Gasteiger partial charge in [-0.3, -0.25) is 4.79 Å². The number of hydrogen-bond donors (Lipinski definition) is 0. The fourth-order valence-electron chi connectivity index (χ4n) is 1.69. The van der Waals surface area contributed by atoms with Crippen LogP contribution < -0.4 is 0 Å². The smallest absolute Gasteiger partial charge is 0.150 e.